The Morgan fingerprint density at radius 1 is 1.36 bits per heavy atom. The van der Waals surface area contributed by atoms with E-state index in [1.165, 1.54) is 12.1 Å². The summed E-state index contributed by atoms with van der Waals surface area (Å²) in [5.41, 5.74) is 1.71. The first kappa shape index (κ1) is 16.2. The molecule has 2 aromatic heterocycles. The van der Waals surface area contributed by atoms with Crippen LogP contribution in [-0.4, -0.2) is 50.0 Å². The van der Waals surface area contributed by atoms with Crippen LogP contribution in [0.2, 0.25) is 0 Å². The molecule has 3 aromatic rings. The van der Waals surface area contributed by atoms with E-state index in [0.29, 0.717) is 6.61 Å². The molecule has 0 amide bonds. The smallest absolute Gasteiger partial charge is 0.125 e. The molecule has 1 saturated heterocycles. The van der Waals surface area contributed by atoms with Crippen molar-refractivity contribution >= 4 is 11.0 Å². The molecule has 0 spiro atoms. The van der Waals surface area contributed by atoms with Gasteiger partial charge >= 0.3 is 0 Å². The summed E-state index contributed by atoms with van der Waals surface area (Å²) < 4.78 is 23.4. The minimum Gasteiger partial charge on any atom is -0.374 e. The summed E-state index contributed by atoms with van der Waals surface area (Å²) in [6, 6.07) is 6.73. The molecular formula is C18H22FN5O. The monoisotopic (exact) mass is 343 g/mol. The van der Waals surface area contributed by atoms with Crippen LogP contribution in [0.1, 0.15) is 12.7 Å². The van der Waals surface area contributed by atoms with Crippen molar-refractivity contribution in [1.29, 1.82) is 0 Å². The van der Waals surface area contributed by atoms with Crippen LogP contribution in [0.25, 0.3) is 11.0 Å². The van der Waals surface area contributed by atoms with Crippen molar-refractivity contribution in [1.82, 2.24) is 24.2 Å². The highest BCUT2D eigenvalue weighted by Gasteiger charge is 2.23. The Bertz CT molecular complexity index is 845. The standard InChI is InChI=1S/C18H22FN5O/c1-2-24-17-5-4-14(19)10-16(17)21-18(24)13-22-8-9-25-15(11-22)12-23-7-3-6-20-23/h3-7,10,15H,2,8-9,11-13H2,1H3/t15-/m1/s1. The molecule has 25 heavy (non-hydrogen) atoms. The minimum atomic E-state index is -0.245. The van der Waals surface area contributed by atoms with Crippen molar-refractivity contribution < 1.29 is 9.13 Å². The molecule has 1 aliphatic heterocycles. The van der Waals surface area contributed by atoms with Gasteiger partial charge in [0.25, 0.3) is 0 Å². The topological polar surface area (TPSA) is 48.1 Å². The van der Waals surface area contributed by atoms with E-state index in [1.807, 2.05) is 23.0 Å². The van der Waals surface area contributed by atoms with Crippen LogP contribution < -0.4 is 0 Å². The molecule has 0 radical (unpaired) electrons. The van der Waals surface area contributed by atoms with Crippen LogP contribution in [0.15, 0.2) is 36.7 Å². The van der Waals surface area contributed by atoms with Gasteiger partial charge in [-0.3, -0.25) is 9.58 Å². The first-order chi connectivity index (χ1) is 12.2. The van der Waals surface area contributed by atoms with Crippen LogP contribution in [0.3, 0.4) is 0 Å². The summed E-state index contributed by atoms with van der Waals surface area (Å²) in [6.45, 7) is 6.80. The molecule has 7 heteroatoms. The Labute approximate surface area is 145 Å². The van der Waals surface area contributed by atoms with Gasteiger partial charge in [-0.15, -0.1) is 0 Å². The summed E-state index contributed by atoms with van der Waals surface area (Å²) in [5, 5.41) is 4.25. The summed E-state index contributed by atoms with van der Waals surface area (Å²) in [6.07, 6.45) is 3.85. The fraction of sp³-hybridized carbons (Fsp3) is 0.444. The molecule has 0 aliphatic carbocycles. The predicted molar refractivity (Wildman–Crippen MR) is 92.6 cm³/mol. The maximum Gasteiger partial charge on any atom is 0.125 e. The first-order valence-corrected chi connectivity index (χ1v) is 8.69. The minimum absolute atomic E-state index is 0.116. The maximum atomic E-state index is 13.5. The Balaban J connectivity index is 1.50. The molecule has 1 aromatic carbocycles. The summed E-state index contributed by atoms with van der Waals surface area (Å²) >= 11 is 0. The highest BCUT2D eigenvalue weighted by molar-refractivity contribution is 5.76. The number of hydrogen-bond acceptors (Lipinski definition) is 4. The average molecular weight is 343 g/mol. The molecule has 0 N–H and O–H groups in total. The summed E-state index contributed by atoms with van der Waals surface area (Å²) in [7, 11) is 0. The van der Waals surface area contributed by atoms with E-state index in [-0.39, 0.29) is 11.9 Å². The number of ether oxygens (including phenoxy) is 1. The summed E-state index contributed by atoms with van der Waals surface area (Å²) in [5.74, 6) is 0.730. The fourth-order valence-corrected chi connectivity index (χ4v) is 3.48. The number of aromatic nitrogens is 4. The molecule has 0 bridgehead atoms. The summed E-state index contributed by atoms with van der Waals surface area (Å²) in [4.78, 5) is 7.01. The van der Waals surface area contributed by atoms with Crippen molar-refractivity contribution in [3.8, 4) is 0 Å². The second-order valence-corrected chi connectivity index (χ2v) is 6.36. The van der Waals surface area contributed by atoms with Gasteiger partial charge in [-0.25, -0.2) is 9.37 Å². The zero-order chi connectivity index (χ0) is 17.2. The van der Waals surface area contributed by atoms with E-state index < -0.39 is 0 Å². The number of morpholine rings is 1. The highest BCUT2D eigenvalue weighted by Crippen LogP contribution is 2.20. The largest absolute Gasteiger partial charge is 0.374 e. The number of aryl methyl sites for hydroxylation is 1. The van der Waals surface area contributed by atoms with Gasteiger partial charge in [-0.1, -0.05) is 0 Å². The Morgan fingerprint density at radius 3 is 3.08 bits per heavy atom. The lowest BCUT2D eigenvalue weighted by Crippen LogP contribution is -2.44. The van der Waals surface area contributed by atoms with Crippen LogP contribution >= 0.6 is 0 Å². The van der Waals surface area contributed by atoms with Gasteiger partial charge in [0.05, 0.1) is 36.8 Å². The van der Waals surface area contributed by atoms with E-state index in [2.05, 4.69) is 26.5 Å². The number of halogens is 1. The lowest BCUT2D eigenvalue weighted by atomic mass is 10.2. The molecule has 1 fully saturated rings. The third kappa shape index (κ3) is 3.43. The van der Waals surface area contributed by atoms with Gasteiger partial charge < -0.3 is 9.30 Å². The fourth-order valence-electron chi connectivity index (χ4n) is 3.48. The number of imidazole rings is 1. The zero-order valence-corrected chi connectivity index (χ0v) is 14.3. The predicted octanol–water partition coefficient (Wildman–Crippen LogP) is 2.29. The van der Waals surface area contributed by atoms with Crippen molar-refractivity contribution in [3.63, 3.8) is 0 Å². The molecule has 0 saturated carbocycles. The normalized spacial score (nSPS) is 18.9. The van der Waals surface area contributed by atoms with Gasteiger partial charge in [0.2, 0.25) is 0 Å². The van der Waals surface area contributed by atoms with Gasteiger partial charge in [-0.2, -0.15) is 5.10 Å². The van der Waals surface area contributed by atoms with Crippen molar-refractivity contribution in [2.75, 3.05) is 19.7 Å². The van der Waals surface area contributed by atoms with Crippen LogP contribution in [0.4, 0.5) is 4.39 Å². The van der Waals surface area contributed by atoms with Crippen LogP contribution in [0, 0.1) is 5.82 Å². The number of fused-ring (bicyclic) bond motifs is 1. The molecule has 0 unspecified atom stereocenters. The number of rotatable bonds is 5. The zero-order valence-electron chi connectivity index (χ0n) is 14.3. The van der Waals surface area contributed by atoms with E-state index in [0.717, 1.165) is 49.6 Å². The molecule has 4 rings (SSSR count). The third-order valence-corrected chi connectivity index (χ3v) is 4.64. The maximum absolute atomic E-state index is 13.5. The van der Waals surface area contributed by atoms with Gasteiger partial charge in [0.1, 0.15) is 11.6 Å². The van der Waals surface area contributed by atoms with Gasteiger partial charge in [0.15, 0.2) is 0 Å². The van der Waals surface area contributed by atoms with Crippen LogP contribution in [-0.2, 0) is 24.4 Å². The van der Waals surface area contributed by atoms with Gasteiger partial charge in [0, 0.05) is 38.1 Å². The Hall–Kier alpha value is -2.25. The van der Waals surface area contributed by atoms with E-state index in [1.54, 1.807) is 6.20 Å². The Kier molecular flexibility index (Phi) is 4.50. The number of nitrogens with zero attached hydrogens (tertiary/aromatic N) is 5. The molecule has 1 atom stereocenters. The number of hydrogen-bond donors (Lipinski definition) is 0. The third-order valence-electron chi connectivity index (χ3n) is 4.64. The van der Waals surface area contributed by atoms with Crippen molar-refractivity contribution in [3.05, 3.63) is 48.3 Å². The van der Waals surface area contributed by atoms with Crippen LogP contribution in [0.5, 0.6) is 0 Å². The second kappa shape index (κ2) is 6.93. The van der Waals surface area contributed by atoms with E-state index in [9.17, 15) is 4.39 Å². The molecule has 3 heterocycles. The molecule has 132 valence electrons. The average Bonchev–Trinajstić information content (AvgIpc) is 3.22. The lowest BCUT2D eigenvalue weighted by Gasteiger charge is -2.32. The second-order valence-electron chi connectivity index (χ2n) is 6.36. The van der Waals surface area contributed by atoms with Crippen molar-refractivity contribution in [2.24, 2.45) is 0 Å². The van der Waals surface area contributed by atoms with E-state index >= 15 is 0 Å². The van der Waals surface area contributed by atoms with E-state index in [4.69, 9.17) is 4.74 Å². The van der Waals surface area contributed by atoms with Crippen molar-refractivity contribution in [2.45, 2.75) is 32.7 Å². The molecule has 1 aliphatic rings. The first-order valence-electron chi connectivity index (χ1n) is 8.69. The molecule has 6 nitrogen and oxygen atoms in total. The SMILES string of the molecule is CCn1c(CN2CCO[C@@H](Cn3cccn3)C2)nc2cc(F)ccc21. The Morgan fingerprint density at radius 2 is 2.28 bits per heavy atom. The van der Waals surface area contributed by atoms with Gasteiger partial charge in [-0.05, 0) is 25.1 Å². The number of benzene rings is 1. The lowest BCUT2D eigenvalue weighted by molar-refractivity contribution is -0.0411. The quantitative estimate of drug-likeness (QED) is 0.713. The molecular weight excluding hydrogens is 321 g/mol. The highest BCUT2D eigenvalue weighted by atomic mass is 19.1.